The molecule has 0 unspecified atom stereocenters. The zero-order valence-corrected chi connectivity index (χ0v) is 11.8. The summed E-state index contributed by atoms with van der Waals surface area (Å²) in [5.74, 6) is 0.0431. The minimum atomic E-state index is 0.0431. The zero-order chi connectivity index (χ0) is 13.7. The molecular weight excluding hydrogens is 226 g/mol. The third-order valence-electron chi connectivity index (χ3n) is 2.96. The number of hydrogen-bond acceptors (Lipinski definition) is 4. The van der Waals surface area contributed by atoms with Gasteiger partial charge in [0.15, 0.2) is 5.78 Å². The molecule has 0 atom stereocenters. The summed E-state index contributed by atoms with van der Waals surface area (Å²) in [5.41, 5.74) is 8.99. The van der Waals surface area contributed by atoms with Crippen molar-refractivity contribution in [3.8, 4) is 0 Å². The van der Waals surface area contributed by atoms with Crippen LogP contribution in [0.25, 0.3) is 0 Å². The van der Waals surface area contributed by atoms with E-state index in [0.29, 0.717) is 11.3 Å². The SMILES string of the molecule is CCCC(=NC)C1=C(N)CC/C(=C\N(C)C)C1=O. The quantitative estimate of drug-likeness (QED) is 0.611. The van der Waals surface area contributed by atoms with Crippen molar-refractivity contribution < 1.29 is 4.79 Å². The maximum atomic E-state index is 12.4. The Morgan fingerprint density at radius 2 is 2.11 bits per heavy atom. The van der Waals surface area contributed by atoms with E-state index in [0.717, 1.165) is 37.0 Å². The van der Waals surface area contributed by atoms with Gasteiger partial charge in [-0.05, 0) is 19.3 Å². The number of allylic oxidation sites excluding steroid dienone is 3. The fourth-order valence-electron chi connectivity index (χ4n) is 2.15. The highest BCUT2D eigenvalue weighted by molar-refractivity contribution is 6.28. The number of nitrogens with zero attached hydrogens (tertiary/aromatic N) is 2. The largest absolute Gasteiger partial charge is 0.401 e. The van der Waals surface area contributed by atoms with Crippen molar-refractivity contribution in [3.63, 3.8) is 0 Å². The average molecular weight is 249 g/mol. The molecule has 1 aliphatic carbocycles. The van der Waals surface area contributed by atoms with Crippen molar-refractivity contribution in [3.05, 3.63) is 23.0 Å². The Bertz CT molecular complexity index is 417. The maximum absolute atomic E-state index is 12.4. The predicted molar refractivity (Wildman–Crippen MR) is 75.5 cm³/mol. The number of aliphatic imine (C=N–C) groups is 1. The first-order valence-corrected chi connectivity index (χ1v) is 6.37. The first-order chi connectivity index (χ1) is 8.51. The van der Waals surface area contributed by atoms with E-state index in [-0.39, 0.29) is 5.78 Å². The number of rotatable bonds is 4. The number of carbonyl (C=O) groups is 1. The molecule has 0 amide bonds. The van der Waals surface area contributed by atoms with Gasteiger partial charge in [-0.1, -0.05) is 13.3 Å². The Morgan fingerprint density at radius 1 is 1.44 bits per heavy atom. The second-order valence-electron chi connectivity index (χ2n) is 4.77. The lowest BCUT2D eigenvalue weighted by Crippen LogP contribution is -2.25. The van der Waals surface area contributed by atoms with Crippen LogP contribution < -0.4 is 5.73 Å². The Balaban J connectivity index is 3.12. The summed E-state index contributed by atoms with van der Waals surface area (Å²) in [6.07, 6.45) is 5.10. The second kappa shape index (κ2) is 6.38. The van der Waals surface area contributed by atoms with E-state index in [9.17, 15) is 4.79 Å². The van der Waals surface area contributed by atoms with E-state index >= 15 is 0 Å². The zero-order valence-electron chi connectivity index (χ0n) is 11.8. The Hall–Kier alpha value is -1.58. The minimum absolute atomic E-state index is 0.0431. The molecule has 18 heavy (non-hydrogen) atoms. The summed E-state index contributed by atoms with van der Waals surface area (Å²) in [4.78, 5) is 18.6. The second-order valence-corrected chi connectivity index (χ2v) is 4.77. The summed E-state index contributed by atoms with van der Waals surface area (Å²) in [7, 11) is 5.56. The molecule has 2 N–H and O–H groups in total. The van der Waals surface area contributed by atoms with Crippen molar-refractivity contribution in [2.75, 3.05) is 21.1 Å². The molecule has 1 rings (SSSR count). The fourth-order valence-corrected chi connectivity index (χ4v) is 2.15. The van der Waals surface area contributed by atoms with Crippen LogP contribution >= 0.6 is 0 Å². The van der Waals surface area contributed by atoms with Gasteiger partial charge in [0.05, 0.1) is 5.57 Å². The lowest BCUT2D eigenvalue weighted by Gasteiger charge is -2.21. The number of carbonyl (C=O) groups excluding carboxylic acids is 1. The van der Waals surface area contributed by atoms with Gasteiger partial charge in [0.25, 0.3) is 0 Å². The molecule has 4 heteroatoms. The molecule has 0 aromatic carbocycles. The highest BCUT2D eigenvalue weighted by Gasteiger charge is 2.26. The molecule has 4 nitrogen and oxygen atoms in total. The van der Waals surface area contributed by atoms with Crippen LogP contribution in [0.2, 0.25) is 0 Å². The van der Waals surface area contributed by atoms with Crippen LogP contribution in [0.5, 0.6) is 0 Å². The van der Waals surface area contributed by atoms with E-state index in [1.54, 1.807) is 7.05 Å². The van der Waals surface area contributed by atoms with E-state index < -0.39 is 0 Å². The van der Waals surface area contributed by atoms with Crippen LogP contribution in [-0.2, 0) is 4.79 Å². The summed E-state index contributed by atoms with van der Waals surface area (Å²) < 4.78 is 0. The maximum Gasteiger partial charge on any atom is 0.194 e. The molecule has 0 fully saturated rings. The van der Waals surface area contributed by atoms with Gasteiger partial charge in [0.1, 0.15) is 0 Å². The van der Waals surface area contributed by atoms with E-state index in [4.69, 9.17) is 5.73 Å². The topological polar surface area (TPSA) is 58.7 Å². The van der Waals surface area contributed by atoms with Gasteiger partial charge in [0.2, 0.25) is 0 Å². The first-order valence-electron chi connectivity index (χ1n) is 6.37. The smallest absolute Gasteiger partial charge is 0.194 e. The van der Waals surface area contributed by atoms with E-state index in [1.807, 2.05) is 25.2 Å². The number of Topliss-reactive ketones (excluding diaryl/α,β-unsaturated/α-hetero) is 1. The highest BCUT2D eigenvalue weighted by atomic mass is 16.1. The van der Waals surface area contributed by atoms with Crippen LogP contribution in [0.15, 0.2) is 28.0 Å². The summed E-state index contributed by atoms with van der Waals surface area (Å²) in [6, 6.07) is 0. The number of ketones is 1. The first kappa shape index (κ1) is 14.5. The molecule has 0 aromatic rings. The van der Waals surface area contributed by atoms with Crippen molar-refractivity contribution in [1.82, 2.24) is 4.90 Å². The predicted octanol–water partition coefficient (Wildman–Crippen LogP) is 1.88. The highest BCUT2D eigenvalue weighted by Crippen LogP contribution is 2.25. The number of hydrogen-bond donors (Lipinski definition) is 1. The van der Waals surface area contributed by atoms with Crippen LogP contribution in [0, 0.1) is 0 Å². The Morgan fingerprint density at radius 3 is 2.61 bits per heavy atom. The standard InChI is InChI=1S/C14H23N3O/c1-5-6-12(16-2)13-11(15)8-7-10(14(13)18)9-17(3)4/h9H,5-8,15H2,1-4H3/b10-9+,16-12?. The van der Waals surface area contributed by atoms with Gasteiger partial charge in [-0.15, -0.1) is 0 Å². The molecule has 0 bridgehead atoms. The minimum Gasteiger partial charge on any atom is -0.401 e. The molecule has 0 aliphatic heterocycles. The molecule has 1 aliphatic rings. The van der Waals surface area contributed by atoms with Crippen LogP contribution in [0.4, 0.5) is 0 Å². The van der Waals surface area contributed by atoms with Gasteiger partial charge in [-0.3, -0.25) is 9.79 Å². The summed E-state index contributed by atoms with van der Waals surface area (Å²) in [6.45, 7) is 2.08. The summed E-state index contributed by atoms with van der Waals surface area (Å²) >= 11 is 0. The fraction of sp³-hybridized carbons (Fsp3) is 0.571. The van der Waals surface area contributed by atoms with Crippen molar-refractivity contribution in [1.29, 1.82) is 0 Å². The third-order valence-corrected chi connectivity index (χ3v) is 2.96. The monoisotopic (exact) mass is 249 g/mol. The third kappa shape index (κ3) is 3.22. The summed E-state index contributed by atoms with van der Waals surface area (Å²) in [5, 5.41) is 0. The molecule has 0 aromatic heterocycles. The van der Waals surface area contributed by atoms with Crippen LogP contribution in [0.3, 0.4) is 0 Å². The number of nitrogens with two attached hydrogens (primary N) is 1. The van der Waals surface area contributed by atoms with E-state index in [2.05, 4.69) is 11.9 Å². The molecule has 100 valence electrons. The molecule has 0 heterocycles. The van der Waals surface area contributed by atoms with Gasteiger partial charge in [-0.2, -0.15) is 0 Å². The van der Waals surface area contributed by atoms with Crippen molar-refractivity contribution >= 4 is 11.5 Å². The van der Waals surface area contributed by atoms with Crippen molar-refractivity contribution in [2.24, 2.45) is 10.7 Å². The van der Waals surface area contributed by atoms with Gasteiger partial charge >= 0.3 is 0 Å². The average Bonchev–Trinajstić information content (AvgIpc) is 2.31. The van der Waals surface area contributed by atoms with Crippen molar-refractivity contribution in [2.45, 2.75) is 32.6 Å². The lowest BCUT2D eigenvalue weighted by molar-refractivity contribution is -0.112. The Labute approximate surface area is 109 Å². The normalized spacial score (nSPS) is 19.7. The van der Waals surface area contributed by atoms with Gasteiger partial charge in [0, 0.05) is 44.3 Å². The Kier molecular flexibility index (Phi) is 5.13. The van der Waals surface area contributed by atoms with Gasteiger partial charge in [-0.25, -0.2) is 0 Å². The molecule has 0 saturated heterocycles. The molecule has 0 saturated carbocycles. The molecular formula is C14H23N3O. The van der Waals surface area contributed by atoms with Crippen LogP contribution in [-0.4, -0.2) is 37.5 Å². The molecule has 0 spiro atoms. The lowest BCUT2D eigenvalue weighted by atomic mass is 9.87. The van der Waals surface area contributed by atoms with Gasteiger partial charge < -0.3 is 10.6 Å². The van der Waals surface area contributed by atoms with Crippen LogP contribution in [0.1, 0.15) is 32.6 Å². The molecule has 0 radical (unpaired) electrons. The van der Waals surface area contributed by atoms with E-state index in [1.165, 1.54) is 0 Å².